The Bertz CT molecular complexity index is 1310. The number of hydrogen-bond donors (Lipinski definition) is 3. The number of likely N-dealkylation sites (tertiary alicyclic amines) is 2. The number of nitrogens with one attached hydrogen (secondary N) is 2. The molecule has 0 bridgehead atoms. The van der Waals surface area contributed by atoms with Gasteiger partial charge in [-0.05, 0) is 76.3 Å². The second-order valence-electron chi connectivity index (χ2n) is 12.8. The molecular weight excluding hydrogens is 521 g/mol. The van der Waals surface area contributed by atoms with E-state index in [1.807, 2.05) is 36.9 Å². The van der Waals surface area contributed by atoms with Crippen LogP contribution in [-0.2, 0) is 14.4 Å². The van der Waals surface area contributed by atoms with Crippen LogP contribution in [0.5, 0.6) is 0 Å². The summed E-state index contributed by atoms with van der Waals surface area (Å²) in [6.07, 6.45) is 1.73. The van der Waals surface area contributed by atoms with Gasteiger partial charge in [-0.3, -0.25) is 14.4 Å². The van der Waals surface area contributed by atoms with Gasteiger partial charge in [-0.15, -0.1) is 0 Å². The van der Waals surface area contributed by atoms with Crippen LogP contribution in [0.4, 0.5) is 10.1 Å². The SMILES string of the molecule is CC(C)N1CC(c2ccc(F)cc2)C2(CCCN(C(=O)[C@@H](CC3CNc4ccccc43)NC(=O)C(C)(C)N)C2)C1=O. The maximum absolute atomic E-state index is 14.3. The first-order valence-electron chi connectivity index (χ1n) is 14.7. The summed E-state index contributed by atoms with van der Waals surface area (Å²) in [6.45, 7) is 9.20. The van der Waals surface area contributed by atoms with E-state index in [4.69, 9.17) is 5.73 Å². The van der Waals surface area contributed by atoms with E-state index < -0.39 is 22.9 Å². The molecule has 3 aliphatic rings. The molecule has 2 saturated heterocycles. The number of benzene rings is 2. The molecule has 41 heavy (non-hydrogen) atoms. The number of piperidine rings is 1. The highest BCUT2D eigenvalue weighted by Crippen LogP contribution is 2.50. The van der Waals surface area contributed by atoms with Crippen LogP contribution in [-0.4, -0.2) is 71.3 Å². The van der Waals surface area contributed by atoms with Crippen LogP contribution in [0.1, 0.15) is 69.9 Å². The summed E-state index contributed by atoms with van der Waals surface area (Å²) in [5, 5.41) is 6.37. The lowest BCUT2D eigenvalue weighted by atomic mass is 9.69. The van der Waals surface area contributed by atoms with Crippen molar-refractivity contribution in [2.75, 3.05) is 31.5 Å². The predicted molar refractivity (Wildman–Crippen MR) is 157 cm³/mol. The van der Waals surface area contributed by atoms with Crippen LogP contribution >= 0.6 is 0 Å². The molecule has 3 amide bonds. The first-order chi connectivity index (χ1) is 19.4. The number of nitrogens with zero attached hydrogens (tertiary/aromatic N) is 2. The third kappa shape index (κ3) is 5.56. The van der Waals surface area contributed by atoms with Crippen LogP contribution < -0.4 is 16.4 Å². The van der Waals surface area contributed by atoms with E-state index >= 15 is 0 Å². The third-order valence-corrected chi connectivity index (χ3v) is 9.11. The quantitative estimate of drug-likeness (QED) is 0.477. The van der Waals surface area contributed by atoms with Crippen LogP contribution in [0, 0.1) is 11.2 Å². The molecule has 0 aliphatic carbocycles. The van der Waals surface area contributed by atoms with E-state index in [9.17, 15) is 18.8 Å². The number of para-hydroxylation sites is 1. The van der Waals surface area contributed by atoms with Crippen molar-refractivity contribution >= 4 is 23.4 Å². The minimum Gasteiger partial charge on any atom is -0.384 e. The molecule has 4 N–H and O–H groups in total. The Morgan fingerprint density at radius 2 is 1.88 bits per heavy atom. The molecule has 2 fully saturated rings. The van der Waals surface area contributed by atoms with E-state index in [-0.39, 0.29) is 42.1 Å². The molecule has 3 unspecified atom stereocenters. The summed E-state index contributed by atoms with van der Waals surface area (Å²) in [5.74, 6) is -1.00. The summed E-state index contributed by atoms with van der Waals surface area (Å²) in [5.41, 5.74) is 7.22. The highest BCUT2D eigenvalue weighted by Gasteiger charge is 2.57. The van der Waals surface area contributed by atoms with Gasteiger partial charge < -0.3 is 26.2 Å². The van der Waals surface area contributed by atoms with Gasteiger partial charge in [-0.2, -0.15) is 0 Å². The minimum absolute atomic E-state index is 0.00431. The Morgan fingerprint density at radius 3 is 2.56 bits per heavy atom. The summed E-state index contributed by atoms with van der Waals surface area (Å²) < 4.78 is 13.8. The number of rotatable bonds is 7. The molecule has 8 nitrogen and oxygen atoms in total. The Balaban J connectivity index is 1.44. The summed E-state index contributed by atoms with van der Waals surface area (Å²) >= 11 is 0. The maximum Gasteiger partial charge on any atom is 0.245 e. The van der Waals surface area contributed by atoms with Crippen molar-refractivity contribution in [2.24, 2.45) is 11.1 Å². The highest BCUT2D eigenvalue weighted by molar-refractivity contribution is 5.93. The molecule has 2 aromatic rings. The van der Waals surface area contributed by atoms with Crippen molar-refractivity contribution < 1.29 is 18.8 Å². The highest BCUT2D eigenvalue weighted by atomic mass is 19.1. The maximum atomic E-state index is 14.3. The van der Waals surface area contributed by atoms with Gasteiger partial charge in [-0.25, -0.2) is 4.39 Å². The molecule has 4 atom stereocenters. The number of carbonyl (C=O) groups is 3. The van der Waals surface area contributed by atoms with Gasteiger partial charge in [0.05, 0.1) is 11.0 Å². The molecule has 1 spiro atoms. The zero-order chi connectivity index (χ0) is 29.5. The molecule has 3 heterocycles. The second-order valence-corrected chi connectivity index (χ2v) is 12.8. The van der Waals surface area contributed by atoms with E-state index in [0.717, 1.165) is 16.8 Å². The van der Waals surface area contributed by atoms with Gasteiger partial charge in [0.2, 0.25) is 17.7 Å². The van der Waals surface area contributed by atoms with Crippen LogP contribution in [0.3, 0.4) is 0 Å². The lowest BCUT2D eigenvalue weighted by Gasteiger charge is -2.43. The van der Waals surface area contributed by atoms with E-state index in [1.165, 1.54) is 12.1 Å². The third-order valence-electron chi connectivity index (χ3n) is 9.11. The number of fused-ring (bicyclic) bond motifs is 1. The van der Waals surface area contributed by atoms with E-state index in [0.29, 0.717) is 38.9 Å². The number of hydrogen-bond acceptors (Lipinski definition) is 5. The van der Waals surface area contributed by atoms with Gasteiger partial charge in [0.1, 0.15) is 11.9 Å². The molecule has 5 rings (SSSR count). The zero-order valence-corrected chi connectivity index (χ0v) is 24.5. The first kappa shape index (κ1) is 29.0. The summed E-state index contributed by atoms with van der Waals surface area (Å²) in [4.78, 5) is 45.1. The fourth-order valence-corrected chi connectivity index (χ4v) is 6.82. The Labute approximate surface area is 241 Å². The standard InChI is InChI=1S/C32H42FN5O3/c1-20(2)38-18-25(21-10-12-23(33)13-11-21)32(30(38)41)14-7-15-37(19-32)28(39)27(36-29(40)31(3,4)34)16-22-17-35-26-9-6-5-8-24(22)26/h5-6,8-13,20,22,25,27,35H,7,14-19,34H2,1-4H3,(H,36,40)/t22?,25?,27-,32?/m1/s1. The van der Waals surface area contributed by atoms with Crippen molar-refractivity contribution in [1.29, 1.82) is 0 Å². The van der Waals surface area contributed by atoms with Crippen molar-refractivity contribution in [3.8, 4) is 0 Å². The van der Waals surface area contributed by atoms with E-state index in [2.05, 4.69) is 16.7 Å². The molecule has 9 heteroatoms. The normalized spacial score (nSPS) is 24.9. The van der Waals surface area contributed by atoms with Gasteiger partial charge in [0.15, 0.2) is 0 Å². The van der Waals surface area contributed by atoms with Gasteiger partial charge in [-0.1, -0.05) is 30.3 Å². The average Bonchev–Trinajstić information content (AvgIpc) is 3.46. The smallest absolute Gasteiger partial charge is 0.245 e. The van der Waals surface area contributed by atoms with Crippen LogP contribution in [0.2, 0.25) is 0 Å². The Kier molecular flexibility index (Phi) is 7.85. The first-order valence-corrected chi connectivity index (χ1v) is 14.7. The van der Waals surface area contributed by atoms with Gasteiger partial charge in [0.25, 0.3) is 0 Å². The Hall–Kier alpha value is -3.46. The number of halogens is 1. The average molecular weight is 564 g/mol. The fraction of sp³-hybridized carbons (Fsp3) is 0.531. The topological polar surface area (TPSA) is 108 Å². The molecule has 0 radical (unpaired) electrons. The number of amides is 3. The lowest BCUT2D eigenvalue weighted by Crippen LogP contribution is -2.59. The van der Waals surface area contributed by atoms with Crippen molar-refractivity contribution in [3.05, 3.63) is 65.5 Å². The van der Waals surface area contributed by atoms with Crippen molar-refractivity contribution in [3.63, 3.8) is 0 Å². The molecule has 3 aliphatic heterocycles. The van der Waals surface area contributed by atoms with Crippen molar-refractivity contribution in [1.82, 2.24) is 15.1 Å². The molecule has 2 aromatic carbocycles. The van der Waals surface area contributed by atoms with Crippen LogP contribution in [0.15, 0.2) is 48.5 Å². The molecule has 220 valence electrons. The van der Waals surface area contributed by atoms with Crippen molar-refractivity contribution in [2.45, 2.75) is 76.4 Å². The fourth-order valence-electron chi connectivity index (χ4n) is 6.82. The van der Waals surface area contributed by atoms with E-state index in [1.54, 1.807) is 30.9 Å². The molecule has 0 saturated carbocycles. The summed E-state index contributed by atoms with van der Waals surface area (Å²) in [7, 11) is 0. The number of nitrogens with two attached hydrogens (primary N) is 1. The minimum atomic E-state index is -1.15. The monoisotopic (exact) mass is 563 g/mol. The largest absolute Gasteiger partial charge is 0.384 e. The second kappa shape index (κ2) is 11.1. The number of anilines is 1. The van der Waals surface area contributed by atoms with Crippen LogP contribution in [0.25, 0.3) is 0 Å². The summed E-state index contributed by atoms with van der Waals surface area (Å²) in [6, 6.07) is 13.6. The molecular formula is C32H42FN5O3. The molecule has 0 aromatic heterocycles. The lowest BCUT2D eigenvalue weighted by molar-refractivity contribution is -0.147. The Morgan fingerprint density at radius 1 is 1.17 bits per heavy atom. The number of carbonyl (C=O) groups excluding carboxylic acids is 3. The predicted octanol–water partition coefficient (Wildman–Crippen LogP) is 3.59. The zero-order valence-electron chi connectivity index (χ0n) is 24.5. The van der Waals surface area contributed by atoms with Gasteiger partial charge >= 0.3 is 0 Å². The van der Waals surface area contributed by atoms with Gasteiger partial charge in [0, 0.05) is 49.7 Å².